The fraction of sp³-hybridized carbons (Fsp3) is 0.312. The highest BCUT2D eigenvalue weighted by Crippen LogP contribution is 2.28. The predicted molar refractivity (Wildman–Crippen MR) is 94.7 cm³/mol. The van der Waals surface area contributed by atoms with Crippen molar-refractivity contribution in [2.24, 2.45) is 0 Å². The molecule has 1 saturated heterocycles. The number of amides is 2. The second kappa shape index (κ2) is 6.72. The van der Waals surface area contributed by atoms with E-state index in [-0.39, 0.29) is 18.4 Å². The second-order valence-electron chi connectivity index (χ2n) is 5.47. The average Bonchev–Trinajstić information content (AvgIpc) is 3.09. The number of hydrogen-bond acceptors (Lipinski definition) is 5. The molecule has 0 atom stereocenters. The van der Waals surface area contributed by atoms with Crippen LogP contribution in [0.15, 0.2) is 23.6 Å². The molecule has 0 unspecified atom stereocenters. The molecule has 0 radical (unpaired) electrons. The molecule has 7 heteroatoms. The number of aryl methyl sites for hydroxylation is 2. The van der Waals surface area contributed by atoms with Crippen molar-refractivity contribution in [1.29, 1.82) is 0 Å². The lowest BCUT2D eigenvalue weighted by atomic mass is 10.0. The number of rotatable bonds is 4. The van der Waals surface area contributed by atoms with Gasteiger partial charge < -0.3 is 10.2 Å². The molecule has 1 fully saturated rings. The maximum atomic E-state index is 12.0. The highest BCUT2D eigenvalue weighted by molar-refractivity contribution is 8.00. The van der Waals surface area contributed by atoms with Gasteiger partial charge in [0.2, 0.25) is 11.8 Å². The Morgan fingerprint density at radius 2 is 2.22 bits per heavy atom. The van der Waals surface area contributed by atoms with Crippen molar-refractivity contribution < 1.29 is 9.59 Å². The zero-order valence-corrected chi connectivity index (χ0v) is 14.6. The van der Waals surface area contributed by atoms with Gasteiger partial charge in [0.05, 0.1) is 17.3 Å². The molecule has 1 aromatic heterocycles. The molecule has 2 amide bonds. The van der Waals surface area contributed by atoms with E-state index in [9.17, 15) is 9.59 Å². The lowest BCUT2D eigenvalue weighted by Crippen LogP contribution is -2.34. The molecule has 120 valence electrons. The van der Waals surface area contributed by atoms with Crippen LogP contribution in [-0.2, 0) is 9.59 Å². The molecular weight excluding hydrogens is 330 g/mol. The second-order valence-corrected chi connectivity index (χ2v) is 7.29. The highest BCUT2D eigenvalue weighted by Gasteiger charge is 2.23. The lowest BCUT2D eigenvalue weighted by Gasteiger charge is -2.13. The Morgan fingerprint density at radius 1 is 1.39 bits per heavy atom. The molecule has 0 spiro atoms. The van der Waals surface area contributed by atoms with Crippen LogP contribution in [0.25, 0.3) is 11.3 Å². The molecule has 2 heterocycles. The maximum Gasteiger partial charge on any atom is 0.245 e. The van der Waals surface area contributed by atoms with E-state index in [0.29, 0.717) is 16.8 Å². The summed E-state index contributed by atoms with van der Waals surface area (Å²) in [5.74, 6) is 0.849. The minimum Gasteiger partial charge on any atom is -0.323 e. The minimum atomic E-state index is -0.206. The summed E-state index contributed by atoms with van der Waals surface area (Å²) in [5.41, 5.74) is 4.30. The third-order valence-electron chi connectivity index (χ3n) is 3.57. The first kappa shape index (κ1) is 16.0. The van der Waals surface area contributed by atoms with Gasteiger partial charge in [-0.15, -0.1) is 23.1 Å². The van der Waals surface area contributed by atoms with Gasteiger partial charge >= 0.3 is 0 Å². The Balaban J connectivity index is 1.67. The molecule has 1 aliphatic rings. The van der Waals surface area contributed by atoms with E-state index in [4.69, 9.17) is 0 Å². The number of thioether (sulfide) groups is 1. The molecule has 3 rings (SSSR count). The van der Waals surface area contributed by atoms with Crippen LogP contribution >= 0.6 is 23.1 Å². The van der Waals surface area contributed by atoms with Gasteiger partial charge in [-0.2, -0.15) is 0 Å². The third-order valence-corrected chi connectivity index (χ3v) is 5.27. The van der Waals surface area contributed by atoms with Gasteiger partial charge in [-0.1, -0.05) is 23.8 Å². The van der Waals surface area contributed by atoms with E-state index in [2.05, 4.69) is 36.3 Å². The smallest absolute Gasteiger partial charge is 0.245 e. The van der Waals surface area contributed by atoms with Crippen molar-refractivity contribution in [1.82, 2.24) is 9.88 Å². The van der Waals surface area contributed by atoms with Gasteiger partial charge in [0.1, 0.15) is 6.54 Å². The Bertz CT molecular complexity index is 758. The molecular formula is C16H17N3O2S2. The number of benzene rings is 1. The van der Waals surface area contributed by atoms with Crippen molar-refractivity contribution in [3.05, 3.63) is 34.7 Å². The normalized spacial score (nSPS) is 14.3. The van der Waals surface area contributed by atoms with Crippen LogP contribution in [0.2, 0.25) is 0 Å². The lowest BCUT2D eigenvalue weighted by molar-refractivity contribution is -0.130. The van der Waals surface area contributed by atoms with E-state index < -0.39 is 0 Å². The number of carbonyl (C=O) groups excluding carboxylic acids is 2. The molecule has 0 bridgehead atoms. The summed E-state index contributed by atoms with van der Waals surface area (Å²) in [6, 6.07) is 6.21. The molecule has 2 aromatic rings. The number of nitrogens with zero attached hydrogens (tertiary/aromatic N) is 2. The molecule has 0 aliphatic carbocycles. The number of hydrogen-bond donors (Lipinski definition) is 1. The molecule has 1 N–H and O–H groups in total. The SMILES string of the molecule is Cc1ccc(-c2csc(NC(=O)CN3CSCC3=O)n2)c(C)c1. The molecule has 23 heavy (non-hydrogen) atoms. The van der Waals surface area contributed by atoms with Crippen LogP contribution in [0.5, 0.6) is 0 Å². The average molecular weight is 347 g/mol. The van der Waals surface area contributed by atoms with E-state index in [0.717, 1.165) is 16.8 Å². The number of aromatic nitrogens is 1. The molecule has 0 saturated carbocycles. The van der Waals surface area contributed by atoms with Crippen molar-refractivity contribution in [3.8, 4) is 11.3 Å². The van der Waals surface area contributed by atoms with Crippen molar-refractivity contribution >= 4 is 40.0 Å². The van der Waals surface area contributed by atoms with Gasteiger partial charge in [0.25, 0.3) is 0 Å². The number of anilines is 1. The van der Waals surface area contributed by atoms with Crippen LogP contribution in [0.1, 0.15) is 11.1 Å². The first-order valence-corrected chi connectivity index (χ1v) is 9.25. The van der Waals surface area contributed by atoms with Gasteiger partial charge in [-0.05, 0) is 19.4 Å². The summed E-state index contributed by atoms with van der Waals surface area (Å²) in [5, 5.41) is 5.27. The largest absolute Gasteiger partial charge is 0.323 e. The Morgan fingerprint density at radius 3 is 2.91 bits per heavy atom. The van der Waals surface area contributed by atoms with Crippen LogP contribution in [0.4, 0.5) is 5.13 Å². The number of thiazole rings is 1. The highest BCUT2D eigenvalue weighted by atomic mass is 32.2. The Kier molecular flexibility index (Phi) is 4.68. The van der Waals surface area contributed by atoms with Crippen LogP contribution in [0, 0.1) is 13.8 Å². The van der Waals surface area contributed by atoms with Gasteiger partial charge in [0, 0.05) is 10.9 Å². The summed E-state index contributed by atoms with van der Waals surface area (Å²) in [4.78, 5) is 29.6. The van der Waals surface area contributed by atoms with Crippen LogP contribution in [-0.4, -0.2) is 39.9 Å². The monoisotopic (exact) mass is 347 g/mol. The van der Waals surface area contributed by atoms with E-state index in [1.165, 1.54) is 28.7 Å². The minimum absolute atomic E-state index is 0.0141. The predicted octanol–water partition coefficient (Wildman–Crippen LogP) is 2.90. The third kappa shape index (κ3) is 3.73. The maximum absolute atomic E-state index is 12.0. The van der Waals surface area contributed by atoms with Crippen LogP contribution < -0.4 is 5.32 Å². The zero-order chi connectivity index (χ0) is 16.4. The summed E-state index contributed by atoms with van der Waals surface area (Å²) >= 11 is 2.92. The van der Waals surface area contributed by atoms with Gasteiger partial charge in [-0.3, -0.25) is 9.59 Å². The quantitative estimate of drug-likeness (QED) is 0.924. The number of carbonyl (C=O) groups is 2. The summed E-state index contributed by atoms with van der Waals surface area (Å²) < 4.78 is 0. The molecule has 1 aromatic carbocycles. The fourth-order valence-electron chi connectivity index (χ4n) is 2.43. The molecule has 5 nitrogen and oxygen atoms in total. The van der Waals surface area contributed by atoms with E-state index >= 15 is 0 Å². The summed E-state index contributed by atoms with van der Waals surface area (Å²) in [6.07, 6.45) is 0. The van der Waals surface area contributed by atoms with Gasteiger partial charge in [0.15, 0.2) is 5.13 Å². The van der Waals surface area contributed by atoms with E-state index in [1.54, 1.807) is 4.90 Å². The zero-order valence-electron chi connectivity index (χ0n) is 13.0. The van der Waals surface area contributed by atoms with Crippen molar-refractivity contribution in [2.45, 2.75) is 13.8 Å². The topological polar surface area (TPSA) is 62.3 Å². The number of nitrogens with one attached hydrogen (secondary N) is 1. The molecule has 1 aliphatic heterocycles. The Hall–Kier alpha value is -1.86. The van der Waals surface area contributed by atoms with Crippen molar-refractivity contribution in [3.63, 3.8) is 0 Å². The van der Waals surface area contributed by atoms with E-state index in [1.807, 2.05) is 11.4 Å². The van der Waals surface area contributed by atoms with Crippen molar-refractivity contribution in [2.75, 3.05) is 23.5 Å². The summed E-state index contributed by atoms with van der Waals surface area (Å²) in [6.45, 7) is 4.20. The Labute approximate surface area is 143 Å². The first-order valence-electron chi connectivity index (χ1n) is 7.21. The van der Waals surface area contributed by atoms with Crippen LogP contribution in [0.3, 0.4) is 0 Å². The standard InChI is InChI=1S/C16H17N3O2S2/c1-10-3-4-12(11(2)5-10)13-7-23-16(17-13)18-14(20)6-19-9-22-8-15(19)21/h3-5,7H,6,8-9H2,1-2H3,(H,17,18,20). The first-order chi connectivity index (χ1) is 11.0. The fourth-order valence-corrected chi connectivity index (χ4v) is 4.06. The van der Waals surface area contributed by atoms with Gasteiger partial charge in [-0.25, -0.2) is 4.98 Å². The summed E-state index contributed by atoms with van der Waals surface area (Å²) in [7, 11) is 0.